The van der Waals surface area contributed by atoms with E-state index in [-0.39, 0.29) is 6.61 Å². The molecule has 0 rings (SSSR count). The van der Waals surface area contributed by atoms with Crippen molar-refractivity contribution in [3.05, 3.63) is 24.8 Å². The van der Waals surface area contributed by atoms with Crippen LogP contribution in [0.1, 0.15) is 19.3 Å². The van der Waals surface area contributed by atoms with E-state index in [0.29, 0.717) is 0 Å². The molecule has 2 nitrogen and oxygen atoms in total. The summed E-state index contributed by atoms with van der Waals surface area (Å²) in [5.74, 6) is 0. The summed E-state index contributed by atoms with van der Waals surface area (Å²) in [5.41, 5.74) is 0. The average molecular weight is 156 g/mol. The molecule has 0 aliphatic rings. The molecular weight excluding hydrogens is 140 g/mol. The van der Waals surface area contributed by atoms with Gasteiger partial charge in [-0.1, -0.05) is 18.2 Å². The van der Waals surface area contributed by atoms with Crippen molar-refractivity contribution < 1.29 is 10.2 Å². The summed E-state index contributed by atoms with van der Waals surface area (Å²) in [6.45, 7) is 3.40. The fraction of sp³-hybridized carbons (Fsp3) is 0.556. The Morgan fingerprint density at radius 2 is 2.09 bits per heavy atom. The first-order chi connectivity index (χ1) is 5.31. The lowest BCUT2D eigenvalue weighted by Gasteiger charge is -1.97. The van der Waals surface area contributed by atoms with Crippen molar-refractivity contribution in [1.82, 2.24) is 0 Å². The van der Waals surface area contributed by atoms with E-state index in [9.17, 15) is 0 Å². The number of aliphatic hydroxyl groups excluding tert-OH is 2. The van der Waals surface area contributed by atoms with Gasteiger partial charge in [0.25, 0.3) is 0 Å². The molecule has 0 fully saturated rings. The van der Waals surface area contributed by atoms with E-state index in [1.807, 2.05) is 12.2 Å². The molecule has 0 saturated carbocycles. The van der Waals surface area contributed by atoms with Gasteiger partial charge in [-0.3, -0.25) is 0 Å². The van der Waals surface area contributed by atoms with E-state index in [4.69, 9.17) is 10.2 Å². The maximum atomic E-state index is 8.86. The largest absolute Gasteiger partial charge is 0.393 e. The van der Waals surface area contributed by atoms with E-state index < -0.39 is 6.10 Å². The Labute approximate surface area is 67.9 Å². The Bertz CT molecular complexity index is 119. The summed E-state index contributed by atoms with van der Waals surface area (Å²) in [7, 11) is 0. The SMILES string of the molecule is C=CCCC/C=C/[C@@H](O)CO. The highest BCUT2D eigenvalue weighted by atomic mass is 16.3. The van der Waals surface area contributed by atoms with Gasteiger partial charge in [0, 0.05) is 0 Å². The molecule has 0 aliphatic heterocycles. The molecule has 0 bridgehead atoms. The van der Waals surface area contributed by atoms with Crippen LogP contribution < -0.4 is 0 Å². The molecule has 0 spiro atoms. The highest BCUT2D eigenvalue weighted by Crippen LogP contribution is 1.97. The highest BCUT2D eigenvalue weighted by Gasteiger charge is 1.91. The zero-order valence-corrected chi connectivity index (χ0v) is 6.74. The van der Waals surface area contributed by atoms with Crippen molar-refractivity contribution >= 4 is 0 Å². The van der Waals surface area contributed by atoms with Crippen LogP contribution in [-0.2, 0) is 0 Å². The van der Waals surface area contributed by atoms with E-state index in [2.05, 4.69) is 6.58 Å². The van der Waals surface area contributed by atoms with E-state index >= 15 is 0 Å². The van der Waals surface area contributed by atoms with Crippen molar-refractivity contribution in [2.45, 2.75) is 25.4 Å². The summed E-state index contributed by atoms with van der Waals surface area (Å²) in [5, 5.41) is 17.3. The smallest absolute Gasteiger partial charge is 0.0951 e. The minimum absolute atomic E-state index is 0.196. The first-order valence-electron chi connectivity index (χ1n) is 3.87. The van der Waals surface area contributed by atoms with Gasteiger partial charge in [-0.15, -0.1) is 6.58 Å². The zero-order valence-electron chi connectivity index (χ0n) is 6.74. The fourth-order valence-corrected chi connectivity index (χ4v) is 0.694. The number of rotatable bonds is 6. The molecule has 0 saturated heterocycles. The van der Waals surface area contributed by atoms with Crippen LogP contribution in [0.5, 0.6) is 0 Å². The first-order valence-corrected chi connectivity index (χ1v) is 3.87. The van der Waals surface area contributed by atoms with Crippen LogP contribution in [-0.4, -0.2) is 22.9 Å². The van der Waals surface area contributed by atoms with E-state index in [1.54, 1.807) is 6.08 Å². The maximum Gasteiger partial charge on any atom is 0.0951 e. The van der Waals surface area contributed by atoms with Crippen molar-refractivity contribution in [2.75, 3.05) is 6.61 Å². The number of unbranched alkanes of at least 4 members (excludes halogenated alkanes) is 2. The summed E-state index contributed by atoms with van der Waals surface area (Å²) >= 11 is 0. The van der Waals surface area contributed by atoms with Crippen molar-refractivity contribution in [1.29, 1.82) is 0 Å². The van der Waals surface area contributed by atoms with Crippen molar-refractivity contribution in [2.24, 2.45) is 0 Å². The molecule has 0 aromatic heterocycles. The molecule has 1 atom stereocenters. The van der Waals surface area contributed by atoms with Crippen molar-refractivity contribution in [3.8, 4) is 0 Å². The lowest BCUT2D eigenvalue weighted by Crippen LogP contribution is -2.06. The Balaban J connectivity index is 3.21. The normalized spacial score (nSPS) is 13.6. The third kappa shape index (κ3) is 7.30. The molecule has 0 aliphatic carbocycles. The van der Waals surface area contributed by atoms with Gasteiger partial charge < -0.3 is 10.2 Å². The third-order valence-corrected chi connectivity index (χ3v) is 1.32. The average Bonchev–Trinajstić information content (AvgIpc) is 2.04. The second kappa shape index (κ2) is 7.51. The molecule has 0 amide bonds. The van der Waals surface area contributed by atoms with Crippen LogP contribution in [0.3, 0.4) is 0 Å². The van der Waals surface area contributed by atoms with Crippen LogP contribution in [0.2, 0.25) is 0 Å². The van der Waals surface area contributed by atoms with Gasteiger partial charge >= 0.3 is 0 Å². The second-order valence-corrected chi connectivity index (χ2v) is 2.40. The van der Waals surface area contributed by atoms with Gasteiger partial charge in [0.15, 0.2) is 0 Å². The lowest BCUT2D eigenvalue weighted by atomic mass is 10.2. The van der Waals surface area contributed by atoms with Crippen LogP contribution in [0, 0.1) is 0 Å². The van der Waals surface area contributed by atoms with Crippen LogP contribution in [0.4, 0.5) is 0 Å². The van der Waals surface area contributed by atoms with Crippen LogP contribution >= 0.6 is 0 Å². The summed E-state index contributed by atoms with van der Waals surface area (Å²) in [6, 6.07) is 0. The maximum absolute atomic E-state index is 8.86. The van der Waals surface area contributed by atoms with Gasteiger partial charge in [-0.2, -0.15) is 0 Å². The monoisotopic (exact) mass is 156 g/mol. The fourth-order valence-electron chi connectivity index (χ4n) is 0.694. The zero-order chi connectivity index (χ0) is 8.53. The van der Waals surface area contributed by atoms with Gasteiger partial charge in [0.1, 0.15) is 0 Å². The predicted molar refractivity (Wildman–Crippen MR) is 46.3 cm³/mol. The van der Waals surface area contributed by atoms with E-state index in [0.717, 1.165) is 19.3 Å². The summed E-state index contributed by atoms with van der Waals surface area (Å²) in [6.07, 6.45) is 7.66. The number of allylic oxidation sites excluding steroid dienone is 2. The molecule has 0 radical (unpaired) electrons. The molecule has 2 N–H and O–H groups in total. The molecule has 2 heteroatoms. The Morgan fingerprint density at radius 3 is 2.64 bits per heavy atom. The number of aliphatic hydroxyl groups is 2. The molecule has 64 valence electrons. The highest BCUT2D eigenvalue weighted by molar-refractivity contribution is 4.88. The number of hydrogen-bond donors (Lipinski definition) is 2. The summed E-state index contributed by atoms with van der Waals surface area (Å²) < 4.78 is 0. The third-order valence-electron chi connectivity index (χ3n) is 1.32. The molecule has 0 heterocycles. The van der Waals surface area contributed by atoms with Crippen LogP contribution in [0.15, 0.2) is 24.8 Å². The quantitative estimate of drug-likeness (QED) is 0.449. The first kappa shape index (κ1) is 10.4. The minimum Gasteiger partial charge on any atom is -0.393 e. The number of hydrogen-bond acceptors (Lipinski definition) is 2. The molecular formula is C9H16O2. The van der Waals surface area contributed by atoms with E-state index in [1.165, 1.54) is 0 Å². The molecule has 0 unspecified atom stereocenters. The van der Waals surface area contributed by atoms with Gasteiger partial charge in [0.05, 0.1) is 12.7 Å². The molecule has 0 aromatic carbocycles. The Hall–Kier alpha value is -0.600. The Kier molecular flexibility index (Phi) is 7.10. The minimum atomic E-state index is -0.696. The van der Waals surface area contributed by atoms with Gasteiger partial charge in [0.2, 0.25) is 0 Å². The standard InChI is InChI=1S/C9H16O2/c1-2-3-4-5-6-7-9(11)8-10/h2,6-7,9-11H,1,3-5,8H2/b7-6+/t9-/m1/s1. The summed E-state index contributed by atoms with van der Waals surface area (Å²) in [4.78, 5) is 0. The van der Waals surface area contributed by atoms with Gasteiger partial charge in [-0.05, 0) is 19.3 Å². The van der Waals surface area contributed by atoms with Gasteiger partial charge in [-0.25, -0.2) is 0 Å². The lowest BCUT2D eigenvalue weighted by molar-refractivity contribution is 0.131. The predicted octanol–water partition coefficient (Wildman–Crippen LogP) is 1.25. The van der Waals surface area contributed by atoms with Crippen LogP contribution in [0.25, 0.3) is 0 Å². The second-order valence-electron chi connectivity index (χ2n) is 2.40. The molecule has 0 aromatic rings. The van der Waals surface area contributed by atoms with Crippen molar-refractivity contribution in [3.63, 3.8) is 0 Å². The molecule has 11 heavy (non-hydrogen) atoms. The Morgan fingerprint density at radius 1 is 1.36 bits per heavy atom. The topological polar surface area (TPSA) is 40.5 Å².